The molecular weight excluding hydrogens is 383 g/mol. The second-order valence-electron chi connectivity index (χ2n) is 7.73. The molecular formula is C23H26BClN2O2. The van der Waals surface area contributed by atoms with E-state index in [0.717, 1.165) is 43.0 Å². The molecule has 0 saturated carbocycles. The summed E-state index contributed by atoms with van der Waals surface area (Å²) >= 11 is 6.35. The van der Waals surface area contributed by atoms with Crippen molar-refractivity contribution in [3.8, 4) is 0 Å². The van der Waals surface area contributed by atoms with Crippen LogP contribution in [0.4, 0.5) is 4.79 Å². The average Bonchev–Trinajstić information content (AvgIpc) is 2.88. The molecule has 1 amide bonds. The van der Waals surface area contributed by atoms with Gasteiger partial charge in [0, 0.05) is 30.2 Å². The molecule has 0 N–H and O–H groups in total. The van der Waals surface area contributed by atoms with E-state index in [4.69, 9.17) is 21.3 Å². The molecule has 1 aromatic heterocycles. The molecule has 0 bridgehead atoms. The average molecular weight is 409 g/mol. The van der Waals surface area contributed by atoms with Gasteiger partial charge in [0.1, 0.15) is 7.85 Å². The van der Waals surface area contributed by atoms with E-state index in [1.165, 1.54) is 22.3 Å². The Hall–Kier alpha value is -2.27. The predicted molar refractivity (Wildman–Crippen MR) is 120 cm³/mol. The Morgan fingerprint density at radius 3 is 2.83 bits per heavy atom. The molecule has 0 radical (unpaired) electrons. The van der Waals surface area contributed by atoms with E-state index in [2.05, 4.69) is 32.1 Å². The number of fused-ring (bicyclic) bond motifs is 2. The maximum Gasteiger partial charge on any atom is 0.409 e. The highest BCUT2D eigenvalue weighted by Crippen LogP contribution is 2.45. The number of pyridine rings is 1. The van der Waals surface area contributed by atoms with Crippen molar-refractivity contribution in [1.82, 2.24) is 9.88 Å². The molecule has 4 nitrogen and oxygen atoms in total. The first-order chi connectivity index (χ1) is 14.1. The zero-order valence-corrected chi connectivity index (χ0v) is 17.8. The van der Waals surface area contributed by atoms with Crippen molar-refractivity contribution < 1.29 is 9.53 Å². The molecule has 2 aromatic rings. The number of benzene rings is 1. The van der Waals surface area contributed by atoms with E-state index in [1.54, 1.807) is 0 Å². The molecule has 2 aliphatic rings. The number of aromatic nitrogens is 1. The molecule has 2 heterocycles. The number of ether oxygens (including phenoxy) is 1. The molecule has 1 saturated heterocycles. The summed E-state index contributed by atoms with van der Waals surface area (Å²) < 4.78 is 5.19. The SMILES string of the molecule is BCC1=Cc2cc(Cl)ccc2C(C2CCN(C(=O)OCC)CC2)c2ncccc21. The number of carbonyl (C=O) groups is 1. The van der Waals surface area contributed by atoms with Crippen molar-refractivity contribution in [1.29, 1.82) is 0 Å². The molecule has 1 unspecified atom stereocenters. The highest BCUT2D eigenvalue weighted by molar-refractivity contribution is 6.30. The standard InChI is InChI=1S/C23H26BClN2O2/c1-2-29-23(28)27-10-7-15(8-11-27)21-19-6-5-18(25)13-16(19)12-17(14-24)20-4-3-9-26-22(20)21/h3-6,9,12-13,15,21H,2,7-8,10-11,14,24H2,1H3. The minimum atomic E-state index is -0.201. The van der Waals surface area contributed by atoms with Crippen LogP contribution in [0.2, 0.25) is 11.3 Å². The number of amides is 1. The van der Waals surface area contributed by atoms with Gasteiger partial charge >= 0.3 is 6.09 Å². The third-order valence-electron chi connectivity index (χ3n) is 6.11. The summed E-state index contributed by atoms with van der Waals surface area (Å²) in [7, 11) is 2.19. The minimum absolute atomic E-state index is 0.197. The number of halogens is 1. The first-order valence-electron chi connectivity index (χ1n) is 10.5. The lowest BCUT2D eigenvalue weighted by Gasteiger charge is -2.36. The number of piperidine rings is 1. The van der Waals surface area contributed by atoms with Gasteiger partial charge in [-0.25, -0.2) is 4.79 Å². The summed E-state index contributed by atoms with van der Waals surface area (Å²) in [6.07, 6.45) is 6.78. The van der Waals surface area contributed by atoms with Crippen molar-refractivity contribution in [2.75, 3.05) is 19.7 Å². The number of rotatable bonds is 3. The van der Waals surface area contributed by atoms with Crippen LogP contribution >= 0.6 is 11.6 Å². The van der Waals surface area contributed by atoms with Crippen molar-refractivity contribution in [3.63, 3.8) is 0 Å². The van der Waals surface area contributed by atoms with Crippen LogP contribution in [0.5, 0.6) is 0 Å². The van der Waals surface area contributed by atoms with Crippen molar-refractivity contribution in [2.24, 2.45) is 5.92 Å². The highest BCUT2D eigenvalue weighted by atomic mass is 35.5. The first-order valence-corrected chi connectivity index (χ1v) is 10.9. The first kappa shape index (κ1) is 20.0. The van der Waals surface area contributed by atoms with Crippen LogP contribution in [0.1, 0.15) is 48.1 Å². The summed E-state index contributed by atoms with van der Waals surface area (Å²) in [4.78, 5) is 18.8. The lowest BCUT2D eigenvalue weighted by Crippen LogP contribution is -2.40. The number of nitrogens with zero attached hydrogens (tertiary/aromatic N) is 2. The smallest absolute Gasteiger partial charge is 0.409 e. The fourth-order valence-corrected chi connectivity index (χ4v) is 4.88. The van der Waals surface area contributed by atoms with Crippen molar-refractivity contribution in [3.05, 3.63) is 63.9 Å². The minimum Gasteiger partial charge on any atom is -0.450 e. The number of carbonyl (C=O) groups excluding carboxylic acids is 1. The van der Waals surface area contributed by atoms with Gasteiger partial charge in [-0.05, 0) is 66.1 Å². The van der Waals surface area contributed by atoms with Crippen LogP contribution in [0.3, 0.4) is 0 Å². The van der Waals surface area contributed by atoms with E-state index in [0.29, 0.717) is 12.5 Å². The third kappa shape index (κ3) is 3.93. The molecule has 1 fully saturated rings. The fourth-order valence-electron chi connectivity index (χ4n) is 4.70. The lowest BCUT2D eigenvalue weighted by molar-refractivity contribution is 0.0900. The summed E-state index contributed by atoms with van der Waals surface area (Å²) in [5.41, 5.74) is 6.15. The molecule has 29 heavy (non-hydrogen) atoms. The Balaban J connectivity index is 1.72. The second-order valence-corrected chi connectivity index (χ2v) is 8.17. The Bertz CT molecular complexity index is 938. The highest BCUT2D eigenvalue weighted by Gasteiger charge is 2.35. The van der Waals surface area contributed by atoms with Gasteiger partial charge in [-0.1, -0.05) is 36.1 Å². The molecule has 4 rings (SSSR count). The number of hydrogen-bond acceptors (Lipinski definition) is 3. The fraction of sp³-hybridized carbons (Fsp3) is 0.391. The van der Waals surface area contributed by atoms with Gasteiger partial charge in [-0.15, -0.1) is 0 Å². The summed E-state index contributed by atoms with van der Waals surface area (Å²) in [6, 6.07) is 10.4. The zero-order chi connectivity index (χ0) is 20.4. The summed E-state index contributed by atoms with van der Waals surface area (Å²) in [5, 5.41) is 0.755. The van der Waals surface area contributed by atoms with E-state index >= 15 is 0 Å². The van der Waals surface area contributed by atoms with Crippen molar-refractivity contribution >= 4 is 37.2 Å². The van der Waals surface area contributed by atoms with Crippen molar-refractivity contribution in [2.45, 2.75) is 32.0 Å². The monoisotopic (exact) mass is 408 g/mol. The quantitative estimate of drug-likeness (QED) is 0.695. The maximum absolute atomic E-state index is 12.1. The van der Waals surface area contributed by atoms with Crippen LogP contribution in [0.25, 0.3) is 11.6 Å². The number of allylic oxidation sites excluding steroid dienone is 1. The van der Waals surface area contributed by atoms with Gasteiger partial charge in [-0.3, -0.25) is 4.98 Å². The topological polar surface area (TPSA) is 42.4 Å². The Labute approximate surface area is 178 Å². The van der Waals surface area contributed by atoms with E-state index in [-0.39, 0.29) is 12.0 Å². The van der Waals surface area contributed by atoms with E-state index in [9.17, 15) is 4.79 Å². The number of hydrogen-bond donors (Lipinski definition) is 0. The van der Waals surface area contributed by atoms with Gasteiger partial charge in [0.15, 0.2) is 0 Å². The van der Waals surface area contributed by atoms with Crippen LogP contribution in [0, 0.1) is 5.92 Å². The molecule has 0 spiro atoms. The Kier molecular flexibility index (Phi) is 5.95. The Morgan fingerprint density at radius 1 is 1.31 bits per heavy atom. The van der Waals surface area contributed by atoms with Gasteiger partial charge < -0.3 is 9.64 Å². The number of likely N-dealkylation sites (tertiary alicyclic amines) is 1. The van der Waals surface area contributed by atoms with Crippen LogP contribution < -0.4 is 0 Å². The maximum atomic E-state index is 12.1. The largest absolute Gasteiger partial charge is 0.450 e. The van der Waals surface area contributed by atoms with Crippen LogP contribution in [-0.4, -0.2) is 43.5 Å². The van der Waals surface area contributed by atoms with Gasteiger partial charge in [0.05, 0.1) is 12.3 Å². The predicted octanol–water partition coefficient (Wildman–Crippen LogP) is 4.64. The molecule has 150 valence electrons. The Morgan fingerprint density at radius 2 is 2.10 bits per heavy atom. The zero-order valence-electron chi connectivity index (χ0n) is 17.0. The van der Waals surface area contributed by atoms with Gasteiger partial charge in [0.25, 0.3) is 0 Å². The lowest BCUT2D eigenvalue weighted by atomic mass is 9.76. The normalized spacial score (nSPS) is 19.0. The second kappa shape index (κ2) is 8.62. The molecule has 1 atom stereocenters. The summed E-state index contributed by atoms with van der Waals surface area (Å²) in [6.45, 7) is 3.70. The molecule has 1 aliphatic carbocycles. The van der Waals surface area contributed by atoms with E-state index in [1.807, 2.05) is 30.2 Å². The molecule has 1 aliphatic heterocycles. The van der Waals surface area contributed by atoms with Gasteiger partial charge in [0.2, 0.25) is 0 Å². The molecule has 1 aromatic carbocycles. The van der Waals surface area contributed by atoms with Gasteiger partial charge in [-0.2, -0.15) is 0 Å². The van der Waals surface area contributed by atoms with E-state index < -0.39 is 0 Å². The van der Waals surface area contributed by atoms with Crippen LogP contribution in [-0.2, 0) is 4.74 Å². The third-order valence-corrected chi connectivity index (χ3v) is 6.35. The molecule has 6 heteroatoms. The summed E-state index contributed by atoms with van der Waals surface area (Å²) in [5.74, 6) is 0.613. The van der Waals surface area contributed by atoms with Crippen LogP contribution in [0.15, 0.2) is 36.5 Å².